The molecule has 0 aliphatic heterocycles. The van der Waals surface area contributed by atoms with Gasteiger partial charge < -0.3 is 20.1 Å². The zero-order valence-corrected chi connectivity index (χ0v) is 22.0. The van der Waals surface area contributed by atoms with Crippen LogP contribution >= 0.6 is 0 Å². The molecular formula is C30H40N2O4. The van der Waals surface area contributed by atoms with Crippen molar-refractivity contribution in [3.05, 3.63) is 65.2 Å². The number of hydrogen-bond donors (Lipinski definition) is 2. The van der Waals surface area contributed by atoms with Crippen molar-refractivity contribution in [1.82, 2.24) is 0 Å². The Morgan fingerprint density at radius 1 is 1.11 bits per heavy atom. The molecule has 0 atom stereocenters. The fourth-order valence-electron chi connectivity index (χ4n) is 4.92. The monoisotopic (exact) mass is 492 g/mol. The molecule has 2 aromatic carbocycles. The minimum atomic E-state index is -1.03. The highest BCUT2D eigenvalue weighted by atomic mass is 16.5. The average Bonchev–Trinajstić information content (AvgIpc) is 2.84. The zero-order chi connectivity index (χ0) is 26.1. The van der Waals surface area contributed by atoms with Crippen molar-refractivity contribution >= 4 is 28.8 Å². The second-order valence-corrected chi connectivity index (χ2v) is 10.2. The first kappa shape index (κ1) is 27.5. The molecule has 0 spiro atoms. The average molecular weight is 493 g/mol. The SMILES string of the molecule is COC/C(=C/C(=O)O)c1ccc(N(CC(C)C)C2CCCCC2)c(NC(=O)Cc2ccc(C)cc2)c1. The van der Waals surface area contributed by atoms with Crippen molar-refractivity contribution in [3.63, 3.8) is 0 Å². The summed E-state index contributed by atoms with van der Waals surface area (Å²) in [5.74, 6) is -0.667. The van der Waals surface area contributed by atoms with Crippen molar-refractivity contribution in [2.75, 3.05) is 30.5 Å². The number of amides is 1. The van der Waals surface area contributed by atoms with Crippen molar-refractivity contribution < 1.29 is 19.4 Å². The Morgan fingerprint density at radius 3 is 2.42 bits per heavy atom. The standard InChI is InChI=1S/C30H40N2O4/c1-21(2)19-32(26-8-6-5-7-9-26)28-15-14-24(25(20-36-4)18-30(34)35)17-27(28)31-29(33)16-23-12-10-22(3)11-13-23/h10-15,17-18,21,26H,5-9,16,19-20H2,1-4H3,(H,31,33)(H,34,35)/b25-18-. The lowest BCUT2D eigenvalue weighted by Gasteiger charge is -2.38. The molecule has 0 bridgehead atoms. The highest BCUT2D eigenvalue weighted by molar-refractivity contribution is 5.97. The Kier molecular flexibility index (Phi) is 10.1. The second-order valence-electron chi connectivity index (χ2n) is 10.2. The number of anilines is 2. The lowest BCUT2D eigenvalue weighted by Crippen LogP contribution is -2.40. The summed E-state index contributed by atoms with van der Waals surface area (Å²) >= 11 is 0. The minimum Gasteiger partial charge on any atom is -0.478 e. The Bertz CT molecular complexity index is 1050. The molecule has 36 heavy (non-hydrogen) atoms. The van der Waals surface area contributed by atoms with Gasteiger partial charge in [-0.15, -0.1) is 0 Å². The van der Waals surface area contributed by atoms with E-state index < -0.39 is 5.97 Å². The van der Waals surface area contributed by atoms with Gasteiger partial charge in [0.15, 0.2) is 0 Å². The molecule has 2 aromatic rings. The number of methoxy groups -OCH3 is 1. The van der Waals surface area contributed by atoms with E-state index in [0.29, 0.717) is 23.2 Å². The van der Waals surface area contributed by atoms with Gasteiger partial charge in [0, 0.05) is 25.8 Å². The summed E-state index contributed by atoms with van der Waals surface area (Å²) < 4.78 is 5.26. The fraction of sp³-hybridized carbons (Fsp3) is 0.467. The molecule has 1 aliphatic carbocycles. The highest BCUT2D eigenvalue weighted by Gasteiger charge is 2.25. The number of carboxylic acid groups (broad SMARTS) is 1. The van der Waals surface area contributed by atoms with Gasteiger partial charge >= 0.3 is 5.97 Å². The summed E-state index contributed by atoms with van der Waals surface area (Å²) in [6.07, 6.45) is 7.41. The maximum atomic E-state index is 13.2. The van der Waals surface area contributed by atoms with E-state index in [1.165, 1.54) is 25.3 Å². The molecule has 6 heteroatoms. The van der Waals surface area contributed by atoms with E-state index in [-0.39, 0.29) is 18.9 Å². The summed E-state index contributed by atoms with van der Waals surface area (Å²) in [7, 11) is 1.54. The quantitative estimate of drug-likeness (QED) is 0.371. The van der Waals surface area contributed by atoms with E-state index in [2.05, 4.69) is 24.1 Å². The predicted molar refractivity (Wildman–Crippen MR) is 147 cm³/mol. The second kappa shape index (κ2) is 13.3. The smallest absolute Gasteiger partial charge is 0.328 e. The third-order valence-electron chi connectivity index (χ3n) is 6.61. The van der Waals surface area contributed by atoms with E-state index in [1.54, 1.807) is 7.11 Å². The molecule has 3 rings (SSSR count). The molecule has 0 unspecified atom stereocenters. The van der Waals surface area contributed by atoms with Gasteiger partial charge in [-0.05, 0) is 54.5 Å². The number of nitrogens with zero attached hydrogens (tertiary/aromatic N) is 1. The van der Waals surface area contributed by atoms with Gasteiger partial charge in [0.25, 0.3) is 0 Å². The first-order valence-electron chi connectivity index (χ1n) is 13.0. The van der Waals surface area contributed by atoms with Gasteiger partial charge in [0.05, 0.1) is 24.4 Å². The van der Waals surface area contributed by atoms with Gasteiger partial charge in [0.1, 0.15) is 0 Å². The number of carbonyl (C=O) groups excluding carboxylic acids is 1. The van der Waals surface area contributed by atoms with Crippen molar-refractivity contribution in [3.8, 4) is 0 Å². The number of carbonyl (C=O) groups is 2. The number of aryl methyl sites for hydroxylation is 1. The van der Waals surface area contributed by atoms with E-state index in [1.807, 2.05) is 49.4 Å². The van der Waals surface area contributed by atoms with E-state index >= 15 is 0 Å². The molecule has 0 saturated heterocycles. The Hall–Kier alpha value is -3.12. The Morgan fingerprint density at radius 2 is 1.81 bits per heavy atom. The number of carboxylic acids is 1. The summed E-state index contributed by atoms with van der Waals surface area (Å²) in [4.78, 5) is 27.1. The van der Waals surface area contributed by atoms with Crippen LogP contribution in [-0.2, 0) is 20.7 Å². The molecule has 1 fully saturated rings. The van der Waals surface area contributed by atoms with Crippen LogP contribution < -0.4 is 10.2 Å². The number of benzene rings is 2. The zero-order valence-electron chi connectivity index (χ0n) is 22.0. The van der Waals surface area contributed by atoms with E-state index in [4.69, 9.17) is 4.74 Å². The first-order chi connectivity index (χ1) is 17.3. The van der Waals surface area contributed by atoms with Crippen LogP contribution in [0, 0.1) is 12.8 Å². The van der Waals surface area contributed by atoms with Gasteiger partial charge in [-0.2, -0.15) is 0 Å². The van der Waals surface area contributed by atoms with Crippen LogP contribution in [-0.4, -0.2) is 43.3 Å². The molecule has 0 aromatic heterocycles. The third kappa shape index (κ3) is 7.95. The molecule has 1 amide bonds. The molecule has 6 nitrogen and oxygen atoms in total. The van der Waals surface area contributed by atoms with Crippen LogP contribution in [0.25, 0.3) is 5.57 Å². The molecular weight excluding hydrogens is 452 g/mol. The van der Waals surface area contributed by atoms with Crippen LogP contribution in [0.1, 0.15) is 62.6 Å². The summed E-state index contributed by atoms with van der Waals surface area (Å²) in [6, 6.07) is 14.3. The van der Waals surface area contributed by atoms with E-state index in [9.17, 15) is 14.7 Å². The number of aliphatic carboxylic acids is 1. The van der Waals surface area contributed by atoms with Crippen LogP contribution in [0.5, 0.6) is 0 Å². The van der Waals surface area contributed by atoms with Gasteiger partial charge in [0.2, 0.25) is 5.91 Å². The van der Waals surface area contributed by atoms with Crippen LogP contribution in [0.4, 0.5) is 11.4 Å². The van der Waals surface area contributed by atoms with Crippen molar-refractivity contribution in [2.24, 2.45) is 5.92 Å². The normalized spacial score (nSPS) is 14.6. The van der Waals surface area contributed by atoms with Crippen LogP contribution in [0.2, 0.25) is 0 Å². The molecule has 1 saturated carbocycles. The summed E-state index contributed by atoms with van der Waals surface area (Å²) in [6.45, 7) is 7.51. The highest BCUT2D eigenvalue weighted by Crippen LogP contribution is 2.35. The maximum absolute atomic E-state index is 13.2. The minimum absolute atomic E-state index is 0.0964. The van der Waals surface area contributed by atoms with Gasteiger partial charge in [-0.3, -0.25) is 4.79 Å². The number of ether oxygens (including phenoxy) is 1. The number of nitrogens with one attached hydrogen (secondary N) is 1. The van der Waals surface area contributed by atoms with Crippen LogP contribution in [0.3, 0.4) is 0 Å². The molecule has 2 N–H and O–H groups in total. The van der Waals surface area contributed by atoms with Gasteiger partial charge in [-0.25, -0.2) is 4.79 Å². The van der Waals surface area contributed by atoms with Crippen molar-refractivity contribution in [1.29, 1.82) is 0 Å². The topological polar surface area (TPSA) is 78.9 Å². The number of rotatable bonds is 11. The third-order valence-corrected chi connectivity index (χ3v) is 6.61. The summed E-state index contributed by atoms with van der Waals surface area (Å²) in [5.41, 5.74) is 5.09. The molecule has 0 radical (unpaired) electrons. The molecule has 1 aliphatic rings. The lowest BCUT2D eigenvalue weighted by molar-refractivity contribution is -0.131. The predicted octanol–water partition coefficient (Wildman–Crippen LogP) is 6.09. The Labute approximate surface area is 215 Å². The van der Waals surface area contributed by atoms with E-state index in [0.717, 1.165) is 41.8 Å². The molecule has 194 valence electrons. The van der Waals surface area contributed by atoms with Crippen LogP contribution in [0.15, 0.2) is 48.5 Å². The number of hydrogen-bond acceptors (Lipinski definition) is 4. The van der Waals surface area contributed by atoms with Gasteiger partial charge in [-0.1, -0.05) is 69.0 Å². The summed E-state index contributed by atoms with van der Waals surface area (Å²) in [5, 5.41) is 12.5. The maximum Gasteiger partial charge on any atom is 0.328 e. The first-order valence-corrected chi connectivity index (χ1v) is 13.0. The molecule has 0 heterocycles. The van der Waals surface area contributed by atoms with Crippen molar-refractivity contribution in [2.45, 2.75) is 65.3 Å². The fourth-order valence-corrected chi connectivity index (χ4v) is 4.92. The Balaban J connectivity index is 2.00. The lowest BCUT2D eigenvalue weighted by atomic mass is 9.92. The largest absolute Gasteiger partial charge is 0.478 e.